The maximum Gasteiger partial charge on any atom is 0.418 e. The maximum atomic E-state index is 15.8. The molecule has 3 aromatic rings. The summed E-state index contributed by atoms with van der Waals surface area (Å²) in [5.41, 5.74) is -3.70. The summed E-state index contributed by atoms with van der Waals surface area (Å²) in [4.78, 5) is 27.7. The summed E-state index contributed by atoms with van der Waals surface area (Å²) in [5, 5.41) is 2.14. The molecule has 0 aliphatic heterocycles. The summed E-state index contributed by atoms with van der Waals surface area (Å²) >= 11 is 3.00. The van der Waals surface area contributed by atoms with Gasteiger partial charge in [-0.1, -0.05) is 23.8 Å². The van der Waals surface area contributed by atoms with E-state index in [0.29, 0.717) is 11.6 Å². The third kappa shape index (κ3) is 6.49. The Bertz CT molecular complexity index is 1410. The van der Waals surface area contributed by atoms with E-state index in [0.717, 1.165) is 44.4 Å². The SMILES string of the molecule is Cc1ccc(C(=O)N(CC2CC2)c2cccc(C(=O)Nc3c(Br)cc(C(C)(C)F)cc3C(F)(F)F)c2F)cc1. The van der Waals surface area contributed by atoms with Gasteiger partial charge in [0.15, 0.2) is 5.82 Å². The van der Waals surface area contributed by atoms with Gasteiger partial charge in [-0.15, -0.1) is 0 Å². The van der Waals surface area contributed by atoms with E-state index in [1.165, 1.54) is 17.0 Å². The smallest absolute Gasteiger partial charge is 0.320 e. The van der Waals surface area contributed by atoms with E-state index >= 15 is 4.39 Å². The van der Waals surface area contributed by atoms with Crippen LogP contribution in [0.1, 0.15) is 64.1 Å². The summed E-state index contributed by atoms with van der Waals surface area (Å²) in [6.45, 7) is 4.32. The summed E-state index contributed by atoms with van der Waals surface area (Å²) in [7, 11) is 0. The van der Waals surface area contributed by atoms with E-state index in [-0.39, 0.29) is 28.2 Å². The van der Waals surface area contributed by atoms with Crippen molar-refractivity contribution in [3.05, 3.63) is 92.7 Å². The number of halogens is 6. The molecule has 0 spiro atoms. The van der Waals surface area contributed by atoms with Crippen LogP contribution >= 0.6 is 15.9 Å². The topological polar surface area (TPSA) is 49.4 Å². The van der Waals surface area contributed by atoms with Gasteiger partial charge in [-0.25, -0.2) is 8.78 Å². The molecule has 3 aromatic carbocycles. The van der Waals surface area contributed by atoms with Crippen LogP contribution in [0.4, 0.5) is 33.3 Å². The fourth-order valence-corrected chi connectivity index (χ4v) is 4.65. The van der Waals surface area contributed by atoms with Crippen LogP contribution in [0.15, 0.2) is 59.1 Å². The third-order valence-electron chi connectivity index (χ3n) is 6.52. The standard InChI is InChI=1S/C29H26BrF5N2O2/c1-16-7-11-18(12-8-16)27(39)37(15-17-9-10-17)23-6-4-5-20(24(23)31)26(38)36-25-21(29(33,34)35)13-19(14-22(25)30)28(2,3)32/h4-8,11-14,17H,9-10,15H2,1-3H3,(H,36,38). The van der Waals surface area contributed by atoms with Crippen LogP contribution in [-0.2, 0) is 11.8 Å². The number of nitrogens with one attached hydrogen (secondary N) is 1. The Kier molecular flexibility index (Phi) is 7.89. The van der Waals surface area contributed by atoms with Crippen molar-refractivity contribution in [1.82, 2.24) is 0 Å². The quantitative estimate of drug-likeness (QED) is 0.274. The zero-order valence-corrected chi connectivity index (χ0v) is 23.0. The summed E-state index contributed by atoms with van der Waals surface area (Å²) in [6, 6.07) is 12.4. The average molecular weight is 609 g/mol. The summed E-state index contributed by atoms with van der Waals surface area (Å²) in [6.07, 6.45) is -3.19. The van der Waals surface area contributed by atoms with Crippen molar-refractivity contribution < 1.29 is 31.5 Å². The van der Waals surface area contributed by atoms with Crippen LogP contribution in [0.3, 0.4) is 0 Å². The molecule has 1 saturated carbocycles. The summed E-state index contributed by atoms with van der Waals surface area (Å²) < 4.78 is 71.7. The first kappa shape index (κ1) is 28.7. The largest absolute Gasteiger partial charge is 0.418 e. The summed E-state index contributed by atoms with van der Waals surface area (Å²) in [5.74, 6) is -2.46. The molecule has 206 valence electrons. The number of carbonyl (C=O) groups is 2. The number of hydrogen-bond donors (Lipinski definition) is 1. The predicted molar refractivity (Wildman–Crippen MR) is 143 cm³/mol. The van der Waals surface area contributed by atoms with Crippen LogP contribution in [0.2, 0.25) is 0 Å². The first-order valence-electron chi connectivity index (χ1n) is 12.3. The lowest BCUT2D eigenvalue weighted by molar-refractivity contribution is -0.137. The molecule has 0 atom stereocenters. The first-order chi connectivity index (χ1) is 18.2. The molecular weight excluding hydrogens is 583 g/mol. The van der Waals surface area contributed by atoms with Crippen molar-refractivity contribution in [2.45, 2.75) is 45.5 Å². The second kappa shape index (κ2) is 10.7. The molecule has 0 saturated heterocycles. The Morgan fingerprint density at radius 1 is 1.03 bits per heavy atom. The van der Waals surface area contributed by atoms with Crippen molar-refractivity contribution in [2.75, 3.05) is 16.8 Å². The minimum Gasteiger partial charge on any atom is -0.320 e. The van der Waals surface area contributed by atoms with Gasteiger partial charge < -0.3 is 10.2 Å². The second-order valence-corrected chi connectivity index (χ2v) is 11.0. The van der Waals surface area contributed by atoms with Gasteiger partial charge in [-0.3, -0.25) is 9.59 Å². The Morgan fingerprint density at radius 3 is 2.23 bits per heavy atom. The molecule has 1 aliphatic carbocycles. The number of alkyl halides is 4. The molecule has 0 unspecified atom stereocenters. The highest BCUT2D eigenvalue weighted by molar-refractivity contribution is 9.10. The number of carbonyl (C=O) groups excluding carboxylic acids is 2. The average Bonchev–Trinajstić information content (AvgIpc) is 3.67. The third-order valence-corrected chi connectivity index (χ3v) is 7.14. The lowest BCUT2D eigenvalue weighted by Gasteiger charge is -2.25. The normalized spacial score (nSPS) is 13.8. The predicted octanol–water partition coefficient (Wildman–Crippen LogP) is 8.43. The minimum atomic E-state index is -4.94. The van der Waals surface area contributed by atoms with Crippen LogP contribution in [-0.4, -0.2) is 18.4 Å². The Hall–Kier alpha value is -3.27. The van der Waals surface area contributed by atoms with Crippen molar-refractivity contribution in [3.63, 3.8) is 0 Å². The van der Waals surface area contributed by atoms with Crippen LogP contribution in [0, 0.1) is 18.7 Å². The van der Waals surface area contributed by atoms with Crippen molar-refractivity contribution in [3.8, 4) is 0 Å². The van der Waals surface area contributed by atoms with Gasteiger partial charge in [0.05, 0.1) is 22.5 Å². The zero-order valence-electron chi connectivity index (χ0n) is 21.4. The van der Waals surface area contributed by atoms with Gasteiger partial charge in [0.2, 0.25) is 0 Å². The molecule has 4 nitrogen and oxygen atoms in total. The maximum absolute atomic E-state index is 15.8. The monoisotopic (exact) mass is 608 g/mol. The van der Waals surface area contributed by atoms with Crippen LogP contribution in [0.5, 0.6) is 0 Å². The van der Waals surface area contributed by atoms with Crippen LogP contribution in [0.25, 0.3) is 0 Å². The van der Waals surface area contributed by atoms with E-state index in [9.17, 15) is 27.2 Å². The van der Waals surface area contributed by atoms with Crippen molar-refractivity contribution >= 4 is 39.1 Å². The molecule has 2 amide bonds. The number of benzene rings is 3. The van der Waals surface area contributed by atoms with E-state index < -0.39 is 46.3 Å². The zero-order chi connectivity index (χ0) is 28.7. The molecule has 4 rings (SSSR count). The Balaban J connectivity index is 1.71. The molecule has 0 aromatic heterocycles. The van der Waals surface area contributed by atoms with Gasteiger partial charge in [0, 0.05) is 16.6 Å². The van der Waals surface area contributed by atoms with E-state index in [1.807, 2.05) is 6.92 Å². The highest BCUT2D eigenvalue weighted by atomic mass is 79.9. The lowest BCUT2D eigenvalue weighted by atomic mass is 9.96. The second-order valence-electron chi connectivity index (χ2n) is 10.2. The lowest BCUT2D eigenvalue weighted by Crippen LogP contribution is -2.34. The van der Waals surface area contributed by atoms with E-state index in [2.05, 4.69) is 21.2 Å². The molecule has 0 heterocycles. The highest BCUT2D eigenvalue weighted by Gasteiger charge is 2.38. The molecule has 0 radical (unpaired) electrons. The molecule has 10 heteroatoms. The van der Waals surface area contributed by atoms with Crippen molar-refractivity contribution in [1.29, 1.82) is 0 Å². The molecule has 39 heavy (non-hydrogen) atoms. The first-order valence-corrected chi connectivity index (χ1v) is 13.0. The van der Waals surface area contributed by atoms with Gasteiger partial charge in [-0.2, -0.15) is 13.2 Å². The van der Waals surface area contributed by atoms with E-state index in [1.54, 1.807) is 24.3 Å². The number of amides is 2. The molecule has 1 N–H and O–H groups in total. The van der Waals surface area contributed by atoms with Gasteiger partial charge >= 0.3 is 6.18 Å². The molecule has 1 fully saturated rings. The highest BCUT2D eigenvalue weighted by Crippen LogP contribution is 2.42. The molecule has 1 aliphatic rings. The molecule has 0 bridgehead atoms. The van der Waals surface area contributed by atoms with Gasteiger partial charge in [0.1, 0.15) is 5.67 Å². The fraction of sp³-hybridized carbons (Fsp3) is 0.310. The molecular formula is C29H26BrF5N2O2. The van der Waals surface area contributed by atoms with Gasteiger partial charge in [-0.05, 0) is 97.4 Å². The fourth-order valence-electron chi connectivity index (χ4n) is 4.09. The minimum absolute atomic E-state index is 0.148. The number of rotatable bonds is 7. The number of aryl methyl sites for hydroxylation is 1. The van der Waals surface area contributed by atoms with Gasteiger partial charge in [0.25, 0.3) is 11.8 Å². The van der Waals surface area contributed by atoms with Crippen LogP contribution < -0.4 is 10.2 Å². The van der Waals surface area contributed by atoms with E-state index in [4.69, 9.17) is 0 Å². The Morgan fingerprint density at radius 2 is 1.67 bits per heavy atom. The number of nitrogens with zero attached hydrogens (tertiary/aromatic N) is 1. The number of hydrogen-bond acceptors (Lipinski definition) is 2. The van der Waals surface area contributed by atoms with Crippen molar-refractivity contribution in [2.24, 2.45) is 5.92 Å². The number of anilines is 2. The Labute approximate surface area is 231 Å².